The van der Waals surface area contributed by atoms with Crippen molar-refractivity contribution in [1.82, 2.24) is 10.2 Å². The molecule has 0 aromatic heterocycles. The number of amides is 1. The summed E-state index contributed by atoms with van der Waals surface area (Å²) < 4.78 is 13.4. The molecule has 1 N–H and O–H groups in total. The predicted octanol–water partition coefficient (Wildman–Crippen LogP) is 1.38. The molecule has 0 radical (unpaired) electrons. The van der Waals surface area contributed by atoms with Crippen LogP contribution in [0, 0.1) is 5.82 Å². The van der Waals surface area contributed by atoms with Crippen LogP contribution in [0.3, 0.4) is 0 Å². The minimum Gasteiger partial charge on any atom is -0.369 e. The molecule has 1 heterocycles. The van der Waals surface area contributed by atoms with Crippen molar-refractivity contribution in [3.8, 4) is 0 Å². The summed E-state index contributed by atoms with van der Waals surface area (Å²) >= 11 is 0. The lowest BCUT2D eigenvalue weighted by molar-refractivity contribution is -0.116. The van der Waals surface area contributed by atoms with E-state index < -0.39 is 0 Å². The molecule has 0 spiro atoms. The second-order valence-electron chi connectivity index (χ2n) is 4.99. The average molecular weight is 277 g/mol. The van der Waals surface area contributed by atoms with Crippen molar-refractivity contribution < 1.29 is 9.18 Å². The number of anilines is 1. The number of hydrogen-bond acceptors (Lipinski definition) is 3. The maximum absolute atomic E-state index is 13.4. The van der Waals surface area contributed by atoms with E-state index in [4.69, 9.17) is 0 Å². The molecule has 1 aromatic carbocycles. The fraction of sp³-hybridized carbons (Fsp3) is 0.400. The SMILES string of the molecule is C=CC(=O)NCc1cc(F)ccc1N1CCN(C)CC1. The third-order valence-electron chi connectivity index (χ3n) is 3.52. The van der Waals surface area contributed by atoms with E-state index in [-0.39, 0.29) is 11.7 Å². The van der Waals surface area contributed by atoms with Crippen molar-refractivity contribution in [2.45, 2.75) is 6.54 Å². The van der Waals surface area contributed by atoms with Gasteiger partial charge in [0.05, 0.1) is 0 Å². The molecule has 0 atom stereocenters. The zero-order chi connectivity index (χ0) is 14.5. The maximum atomic E-state index is 13.4. The lowest BCUT2D eigenvalue weighted by Crippen LogP contribution is -2.45. The Balaban J connectivity index is 2.14. The van der Waals surface area contributed by atoms with Gasteiger partial charge in [-0.15, -0.1) is 0 Å². The van der Waals surface area contributed by atoms with Gasteiger partial charge in [-0.2, -0.15) is 0 Å². The highest BCUT2D eigenvalue weighted by atomic mass is 19.1. The third-order valence-corrected chi connectivity index (χ3v) is 3.52. The van der Waals surface area contributed by atoms with Crippen LogP contribution in [0.1, 0.15) is 5.56 Å². The Morgan fingerprint density at radius 3 is 2.75 bits per heavy atom. The van der Waals surface area contributed by atoms with Gasteiger partial charge in [-0.3, -0.25) is 4.79 Å². The Bertz CT molecular complexity index is 496. The molecule has 0 saturated carbocycles. The number of likely N-dealkylation sites (N-methyl/N-ethyl adjacent to an activating group) is 1. The fourth-order valence-corrected chi connectivity index (χ4v) is 2.31. The zero-order valence-corrected chi connectivity index (χ0v) is 11.7. The summed E-state index contributed by atoms with van der Waals surface area (Å²) in [6, 6.07) is 4.74. The summed E-state index contributed by atoms with van der Waals surface area (Å²) in [5.41, 5.74) is 1.79. The number of rotatable bonds is 4. The summed E-state index contributed by atoms with van der Waals surface area (Å²) in [5.74, 6) is -0.538. The van der Waals surface area contributed by atoms with Crippen LogP contribution in [-0.4, -0.2) is 44.0 Å². The highest BCUT2D eigenvalue weighted by Crippen LogP contribution is 2.23. The molecule has 5 heteroatoms. The largest absolute Gasteiger partial charge is 0.369 e. The highest BCUT2D eigenvalue weighted by molar-refractivity contribution is 5.86. The van der Waals surface area contributed by atoms with Gasteiger partial charge in [-0.05, 0) is 36.9 Å². The Labute approximate surface area is 118 Å². The van der Waals surface area contributed by atoms with E-state index in [0.717, 1.165) is 37.4 Å². The van der Waals surface area contributed by atoms with Crippen molar-refractivity contribution in [2.75, 3.05) is 38.1 Å². The van der Waals surface area contributed by atoms with Crippen molar-refractivity contribution >= 4 is 11.6 Å². The number of carbonyl (C=O) groups is 1. The molecular weight excluding hydrogens is 257 g/mol. The standard InChI is InChI=1S/C15H20FN3O/c1-3-15(20)17-11-12-10-13(16)4-5-14(12)19-8-6-18(2)7-9-19/h3-5,10H,1,6-9,11H2,2H3,(H,17,20). The van der Waals surface area contributed by atoms with Gasteiger partial charge in [-0.25, -0.2) is 4.39 Å². The van der Waals surface area contributed by atoms with E-state index in [2.05, 4.69) is 28.7 Å². The van der Waals surface area contributed by atoms with E-state index >= 15 is 0 Å². The van der Waals surface area contributed by atoms with Crippen LogP contribution in [-0.2, 0) is 11.3 Å². The second kappa shape index (κ2) is 6.52. The first kappa shape index (κ1) is 14.5. The molecule has 0 aliphatic carbocycles. The van der Waals surface area contributed by atoms with Crippen molar-refractivity contribution in [3.63, 3.8) is 0 Å². The number of nitrogens with one attached hydrogen (secondary N) is 1. The molecule has 0 unspecified atom stereocenters. The van der Waals surface area contributed by atoms with Crippen LogP contribution in [0.2, 0.25) is 0 Å². The van der Waals surface area contributed by atoms with E-state index in [9.17, 15) is 9.18 Å². The minimum absolute atomic E-state index is 0.251. The molecular formula is C15H20FN3O. The Hall–Kier alpha value is -1.88. The fourth-order valence-electron chi connectivity index (χ4n) is 2.31. The second-order valence-corrected chi connectivity index (χ2v) is 4.99. The third kappa shape index (κ3) is 3.57. The maximum Gasteiger partial charge on any atom is 0.243 e. The smallest absolute Gasteiger partial charge is 0.243 e. The van der Waals surface area contributed by atoms with Gasteiger partial charge in [0.1, 0.15) is 5.82 Å². The van der Waals surface area contributed by atoms with Crippen molar-refractivity contribution in [2.24, 2.45) is 0 Å². The van der Waals surface area contributed by atoms with Gasteiger partial charge in [0, 0.05) is 38.4 Å². The molecule has 2 rings (SSSR count). The van der Waals surface area contributed by atoms with Crippen LogP contribution >= 0.6 is 0 Å². The molecule has 20 heavy (non-hydrogen) atoms. The molecule has 1 fully saturated rings. The highest BCUT2D eigenvalue weighted by Gasteiger charge is 2.17. The van der Waals surface area contributed by atoms with Crippen LogP contribution in [0.15, 0.2) is 30.9 Å². The first-order valence-electron chi connectivity index (χ1n) is 6.72. The van der Waals surface area contributed by atoms with Crippen molar-refractivity contribution in [3.05, 3.63) is 42.2 Å². The van der Waals surface area contributed by atoms with Gasteiger partial charge in [0.15, 0.2) is 0 Å². The van der Waals surface area contributed by atoms with E-state index in [1.807, 2.05) is 0 Å². The summed E-state index contributed by atoms with van der Waals surface area (Å²) in [7, 11) is 2.09. The Morgan fingerprint density at radius 2 is 2.10 bits per heavy atom. The Kier molecular flexibility index (Phi) is 4.74. The molecule has 1 aromatic rings. The molecule has 1 saturated heterocycles. The van der Waals surface area contributed by atoms with Crippen LogP contribution in [0.25, 0.3) is 0 Å². The van der Waals surface area contributed by atoms with Crippen LogP contribution in [0.4, 0.5) is 10.1 Å². The van der Waals surface area contributed by atoms with Gasteiger partial charge < -0.3 is 15.1 Å². The molecule has 108 valence electrons. The first-order valence-corrected chi connectivity index (χ1v) is 6.72. The number of halogens is 1. The van der Waals surface area contributed by atoms with Gasteiger partial charge in [0.2, 0.25) is 5.91 Å². The summed E-state index contributed by atoms with van der Waals surface area (Å²) in [6.45, 7) is 7.50. The number of nitrogens with zero attached hydrogens (tertiary/aromatic N) is 2. The quantitative estimate of drug-likeness (QED) is 0.845. The summed E-state index contributed by atoms with van der Waals surface area (Å²) in [5, 5.41) is 2.70. The summed E-state index contributed by atoms with van der Waals surface area (Å²) in [6.07, 6.45) is 1.22. The van der Waals surface area contributed by atoms with Crippen LogP contribution < -0.4 is 10.2 Å². The van der Waals surface area contributed by atoms with Crippen LogP contribution in [0.5, 0.6) is 0 Å². The van der Waals surface area contributed by atoms with E-state index in [1.165, 1.54) is 18.2 Å². The monoisotopic (exact) mass is 277 g/mol. The van der Waals surface area contributed by atoms with Gasteiger partial charge >= 0.3 is 0 Å². The molecule has 1 aliphatic heterocycles. The lowest BCUT2D eigenvalue weighted by Gasteiger charge is -2.35. The molecule has 1 aliphatic rings. The normalized spacial score (nSPS) is 16.0. The first-order chi connectivity index (χ1) is 9.60. The molecule has 0 bridgehead atoms. The summed E-state index contributed by atoms with van der Waals surface area (Å²) in [4.78, 5) is 15.8. The minimum atomic E-state index is -0.286. The zero-order valence-electron chi connectivity index (χ0n) is 11.7. The van der Waals surface area contributed by atoms with Gasteiger partial charge in [-0.1, -0.05) is 6.58 Å². The number of piperazine rings is 1. The average Bonchev–Trinajstić information content (AvgIpc) is 2.46. The van der Waals surface area contributed by atoms with Crippen molar-refractivity contribution in [1.29, 1.82) is 0 Å². The Morgan fingerprint density at radius 1 is 1.40 bits per heavy atom. The number of carbonyl (C=O) groups excluding carboxylic acids is 1. The predicted molar refractivity (Wildman–Crippen MR) is 78.2 cm³/mol. The van der Waals surface area contributed by atoms with E-state index in [1.54, 1.807) is 6.07 Å². The lowest BCUT2D eigenvalue weighted by atomic mass is 10.1. The topological polar surface area (TPSA) is 35.6 Å². The van der Waals surface area contributed by atoms with E-state index in [0.29, 0.717) is 6.54 Å². The van der Waals surface area contributed by atoms with Gasteiger partial charge in [0.25, 0.3) is 0 Å². The number of hydrogen-bond donors (Lipinski definition) is 1. The number of benzene rings is 1. The molecule has 1 amide bonds. The molecule has 4 nitrogen and oxygen atoms in total.